The summed E-state index contributed by atoms with van der Waals surface area (Å²) in [5, 5.41) is 9.27. The van der Waals surface area contributed by atoms with Gasteiger partial charge in [0.15, 0.2) is 12.0 Å². The van der Waals surface area contributed by atoms with E-state index >= 15 is 0 Å². The number of likely N-dealkylation sites (tertiary alicyclic amines) is 4. The number of piperidine rings is 4. The summed E-state index contributed by atoms with van der Waals surface area (Å²) in [4.78, 5) is 84.7. The minimum Gasteiger partial charge on any atom is -0.448 e. The first kappa shape index (κ1) is 78.4. The van der Waals surface area contributed by atoms with Gasteiger partial charge < -0.3 is 67.7 Å². The molecular formula is C92H111F2N13O10+4. The van der Waals surface area contributed by atoms with Crippen molar-refractivity contribution < 1.29 is 76.0 Å². The van der Waals surface area contributed by atoms with E-state index in [1.165, 1.54) is 87.5 Å². The number of hydrogen-bond acceptors (Lipinski definition) is 15. The van der Waals surface area contributed by atoms with E-state index in [-0.39, 0.29) is 82.5 Å². The number of amides is 4. The van der Waals surface area contributed by atoms with Crippen molar-refractivity contribution in [2.24, 2.45) is 41.4 Å². The van der Waals surface area contributed by atoms with E-state index in [0.29, 0.717) is 98.1 Å². The molecule has 0 radical (unpaired) electrons. The summed E-state index contributed by atoms with van der Waals surface area (Å²) in [5.41, 5.74) is 8.88. The number of fused-ring (bicyclic) bond motifs is 5. The number of carbonyl (C=O) groups is 4. The summed E-state index contributed by atoms with van der Waals surface area (Å²) in [6.45, 7) is 17.3. The number of carbonyl (C=O) groups excluding carboxylic acids is 4. The summed E-state index contributed by atoms with van der Waals surface area (Å²) in [5.74, 6) is 5.40. The molecule has 13 heterocycles. The Bertz CT molecular complexity index is 5120. The maximum absolute atomic E-state index is 14.3. The quantitative estimate of drug-likeness (QED) is 0.0661. The molecular weight excluding hydrogens is 1490 g/mol. The lowest BCUT2D eigenvalue weighted by Crippen LogP contribution is -2.95. The van der Waals surface area contributed by atoms with Crippen LogP contribution in [-0.2, 0) is 49.0 Å². The Kier molecular flexibility index (Phi) is 21.8. The molecule has 117 heavy (non-hydrogen) atoms. The van der Waals surface area contributed by atoms with Gasteiger partial charge in [-0.05, 0) is 131 Å². The van der Waals surface area contributed by atoms with E-state index in [0.717, 1.165) is 122 Å². The molecule has 5 aromatic heterocycles. The minimum absolute atomic E-state index is 0.0404. The van der Waals surface area contributed by atoms with Crippen LogP contribution in [0.15, 0.2) is 174 Å². The van der Waals surface area contributed by atoms with Gasteiger partial charge in [-0.3, -0.25) is 19.2 Å². The van der Waals surface area contributed by atoms with Crippen molar-refractivity contribution >= 4 is 34.7 Å². The molecule has 13 atom stereocenters. The van der Waals surface area contributed by atoms with Crippen LogP contribution in [0.3, 0.4) is 0 Å². The second kappa shape index (κ2) is 32.5. The molecule has 4 aromatic carbocycles. The van der Waals surface area contributed by atoms with Gasteiger partial charge in [-0.1, -0.05) is 110 Å². The average Bonchev–Trinajstić information content (AvgIpc) is 1.56. The molecule has 3 saturated carbocycles. The molecule has 4 amide bonds. The Hall–Kier alpha value is -9.79. The molecule has 9 aromatic rings. The summed E-state index contributed by atoms with van der Waals surface area (Å²) >= 11 is 0. The fourth-order valence-electron chi connectivity index (χ4n) is 23.4. The van der Waals surface area contributed by atoms with Crippen LogP contribution in [0.2, 0.25) is 0 Å². The number of hydrogen-bond donors (Lipinski definition) is 4. The third-order valence-corrected chi connectivity index (χ3v) is 29.3. The van der Waals surface area contributed by atoms with Crippen molar-refractivity contribution in [2.75, 3.05) is 66.0 Å². The number of rotatable bonds is 17. The topological polar surface area (TPSA) is 287 Å². The van der Waals surface area contributed by atoms with Crippen LogP contribution in [0.5, 0.6) is 0 Å². The normalized spacial score (nSPS) is 30.1. The van der Waals surface area contributed by atoms with Gasteiger partial charge in [0.2, 0.25) is 47.2 Å². The number of aromatic nitrogens is 5. The summed E-state index contributed by atoms with van der Waals surface area (Å²) in [6, 6.07) is 29.7. The standard InChI is InChI=1S/C24H23F2N3O2.C23H26N4O3.C23H31N3O3.C22H27N3O2/c1-15-13-31-23(28-15)24(17-7-18(25)9-19(26)8-17)14-27-11-21-20(24)10-22(30)29(21)12-16-5-3-2-4-6-16;1-14-11-29-22(26-14)17-9-24-12-23(16-5-3-6-16)18(17)8-20(28)27(23)10-15-4-2-7-19-21(15)25-13-30-19;1-15-13-29-22(25-15)19-11-24-14-23(17-6-4-7-17)20(19)10-21(27)26(23)12-16-5-3-8-18(9-16)28-2;1-15-13-27-21(24-15)18-11-23-14-22(17-8-5-9-17)19(18)10-20(26)25(22)12-16-6-3-2-4-7-16/h2-9,13,20-21,27H,10-12,14H2,1H3;2,4,7,11,13,16-18,24H,3,5-6,8-10,12H2,1H3;3,5,9,13,17-20,24H,4,6-8,10-12,14H2,1-2H3;2-4,6-7,13,17-19,23H,5,8-12,14H2,1H3/p+4. The first-order valence-corrected chi connectivity index (χ1v) is 42.9. The van der Waals surface area contributed by atoms with Gasteiger partial charge in [0, 0.05) is 94.3 Å². The van der Waals surface area contributed by atoms with Gasteiger partial charge in [0.1, 0.15) is 47.6 Å². The second-order valence-electron chi connectivity index (χ2n) is 35.5. The second-order valence-corrected chi connectivity index (χ2v) is 35.5. The number of halogens is 2. The maximum atomic E-state index is 14.3. The number of ether oxygens (including phenoxy) is 1. The van der Waals surface area contributed by atoms with Crippen molar-refractivity contribution in [1.29, 1.82) is 0 Å². The predicted octanol–water partition coefficient (Wildman–Crippen LogP) is 9.08. The zero-order valence-electron chi connectivity index (χ0n) is 67.8. The highest BCUT2D eigenvalue weighted by atomic mass is 19.1. The molecule has 12 aliphatic rings. The highest BCUT2D eigenvalue weighted by Crippen LogP contribution is 2.58. The Morgan fingerprint density at radius 2 is 0.966 bits per heavy atom. The van der Waals surface area contributed by atoms with Gasteiger partial charge in [-0.15, -0.1) is 0 Å². The number of aryl methyl sites for hydroxylation is 4. The van der Waals surface area contributed by atoms with Gasteiger partial charge in [0.25, 0.3) is 0 Å². The molecule has 4 aliphatic carbocycles. The third kappa shape index (κ3) is 14.3. The van der Waals surface area contributed by atoms with Crippen LogP contribution in [0.1, 0.15) is 176 Å². The Balaban J connectivity index is 0.000000108. The molecule has 614 valence electrons. The van der Waals surface area contributed by atoms with E-state index in [2.05, 4.69) is 109 Å². The van der Waals surface area contributed by atoms with Crippen molar-refractivity contribution in [2.45, 2.75) is 189 Å². The van der Waals surface area contributed by atoms with Crippen molar-refractivity contribution in [1.82, 2.24) is 44.5 Å². The highest BCUT2D eigenvalue weighted by Gasteiger charge is 2.68. The van der Waals surface area contributed by atoms with Crippen LogP contribution < -0.4 is 21.3 Å². The number of nitrogens with zero attached hydrogens (tertiary/aromatic N) is 9. The molecule has 8 saturated heterocycles. The SMILES string of the molecule is COC1C=C(CN2C(=O)CC3C(c4nc(C)co4)C[NH2+]CC32C2CCC2)C=CC1.Cc1coc(C2(c3cc(F)cc(F)c3)C[NH2+]CC3C2CC(=O)N3Cc2ccccc2)n1.Cc1coc(C2C[NH2+]CC3(C4CCC4)C2CC(=O)N3Cc2cccc3ocnc23)n1.Cc1coc(C2C[NH2+]CC3(C4CCC4)C2CC(=O)N3Cc2ccccc2)n1. The summed E-state index contributed by atoms with van der Waals surface area (Å²) < 4.78 is 62.9. The van der Waals surface area contributed by atoms with Gasteiger partial charge in [-0.25, -0.2) is 33.7 Å². The monoisotopic (exact) mass is 1600 g/mol. The van der Waals surface area contributed by atoms with E-state index in [1.54, 1.807) is 32.2 Å². The lowest BCUT2D eigenvalue weighted by atomic mass is 9.60. The van der Waals surface area contributed by atoms with Crippen LogP contribution in [-0.4, -0.2) is 163 Å². The molecule has 8 N–H and O–H groups in total. The van der Waals surface area contributed by atoms with Crippen LogP contribution >= 0.6 is 0 Å². The number of para-hydroxylation sites is 1. The molecule has 23 nitrogen and oxygen atoms in total. The minimum atomic E-state index is -0.902. The lowest BCUT2D eigenvalue weighted by molar-refractivity contribution is -0.681. The fraction of sp³-hybridized carbons (Fsp3) is 0.511. The van der Waals surface area contributed by atoms with Gasteiger partial charge >= 0.3 is 0 Å². The predicted molar refractivity (Wildman–Crippen MR) is 426 cm³/mol. The number of quaternary nitrogens is 4. The van der Waals surface area contributed by atoms with E-state index in [4.69, 9.17) is 26.8 Å². The molecule has 11 fully saturated rings. The molecule has 25 heteroatoms. The largest absolute Gasteiger partial charge is 0.448 e. The molecule has 13 unspecified atom stereocenters. The van der Waals surface area contributed by atoms with Crippen molar-refractivity contribution in [3.63, 3.8) is 0 Å². The van der Waals surface area contributed by atoms with Gasteiger partial charge in [-0.2, -0.15) is 0 Å². The smallest absolute Gasteiger partial charge is 0.223 e. The van der Waals surface area contributed by atoms with Crippen LogP contribution in [0.4, 0.5) is 8.78 Å². The fourth-order valence-corrected chi connectivity index (χ4v) is 23.4. The zero-order valence-corrected chi connectivity index (χ0v) is 67.8. The summed E-state index contributed by atoms with van der Waals surface area (Å²) in [6.07, 6.45) is 29.0. The lowest BCUT2D eigenvalue weighted by Gasteiger charge is -2.53. The van der Waals surface area contributed by atoms with Gasteiger partial charge in [0.05, 0.1) is 122 Å². The Morgan fingerprint density at radius 1 is 0.496 bits per heavy atom. The first-order chi connectivity index (χ1) is 56.9. The molecule has 21 rings (SSSR count). The van der Waals surface area contributed by atoms with Crippen molar-refractivity contribution in [3.8, 4) is 0 Å². The van der Waals surface area contributed by atoms with Crippen LogP contribution in [0.25, 0.3) is 11.1 Å². The zero-order chi connectivity index (χ0) is 80.3. The van der Waals surface area contributed by atoms with Crippen LogP contribution in [0, 0.1) is 80.8 Å². The number of benzene rings is 4. The molecule has 0 bridgehead atoms. The number of methoxy groups -OCH3 is 1. The Morgan fingerprint density at radius 3 is 1.44 bits per heavy atom. The molecule has 0 spiro atoms. The first-order valence-electron chi connectivity index (χ1n) is 42.9. The van der Waals surface area contributed by atoms with Crippen molar-refractivity contribution in [3.05, 3.63) is 233 Å². The van der Waals surface area contributed by atoms with E-state index in [9.17, 15) is 28.0 Å². The highest BCUT2D eigenvalue weighted by molar-refractivity contribution is 5.84. The van der Waals surface area contributed by atoms with E-state index < -0.39 is 17.0 Å². The average molecular weight is 1600 g/mol. The molecule has 8 aliphatic heterocycles. The Labute approximate surface area is 681 Å². The summed E-state index contributed by atoms with van der Waals surface area (Å²) in [7, 11) is 1.75. The number of oxazole rings is 5. The maximum Gasteiger partial charge on any atom is 0.223 e. The number of nitrogens with two attached hydrogens (primary N) is 4. The third-order valence-electron chi connectivity index (χ3n) is 29.3. The van der Waals surface area contributed by atoms with E-state index in [1.807, 2.05) is 81.1 Å².